The number of fused-ring (bicyclic) bond motifs is 2. The van der Waals surface area contributed by atoms with Crippen molar-refractivity contribution in [2.75, 3.05) is 13.7 Å². The number of pyridine rings is 1. The molecule has 0 fully saturated rings. The molecular weight excluding hydrogens is 445 g/mol. The lowest BCUT2D eigenvalue weighted by Gasteiger charge is -2.33. The van der Waals surface area contributed by atoms with Gasteiger partial charge in [0, 0.05) is 28.5 Å². The molecule has 3 heterocycles. The summed E-state index contributed by atoms with van der Waals surface area (Å²) >= 11 is 0. The van der Waals surface area contributed by atoms with Crippen LogP contribution >= 0.6 is 0 Å². The summed E-state index contributed by atoms with van der Waals surface area (Å²) in [6.07, 6.45) is 2.33. The van der Waals surface area contributed by atoms with Gasteiger partial charge >= 0.3 is 0 Å². The van der Waals surface area contributed by atoms with Gasteiger partial charge in [0.2, 0.25) is 11.8 Å². The predicted molar refractivity (Wildman–Crippen MR) is 130 cm³/mol. The Hall–Kier alpha value is -4.31. The van der Waals surface area contributed by atoms with E-state index in [1.54, 1.807) is 20.1 Å². The molecule has 176 valence electrons. The van der Waals surface area contributed by atoms with Crippen LogP contribution in [-0.4, -0.2) is 18.7 Å². The molecule has 2 aromatic carbocycles. The van der Waals surface area contributed by atoms with Gasteiger partial charge in [0.05, 0.1) is 18.6 Å². The first-order valence-electron chi connectivity index (χ1n) is 11.3. The second kappa shape index (κ2) is 8.80. The smallest absolute Gasteiger partial charge is 0.215 e. The van der Waals surface area contributed by atoms with E-state index < -0.39 is 11.9 Å². The summed E-state index contributed by atoms with van der Waals surface area (Å²) in [6, 6.07) is 15.6. The maximum Gasteiger partial charge on any atom is 0.215 e. The number of nitrogens with zero attached hydrogens (tertiary/aromatic N) is 2. The molecule has 6 nitrogen and oxygen atoms in total. The van der Waals surface area contributed by atoms with Gasteiger partial charge in [-0.3, -0.25) is 0 Å². The summed E-state index contributed by atoms with van der Waals surface area (Å²) in [7, 11) is 1.58. The van der Waals surface area contributed by atoms with Crippen molar-refractivity contribution in [3.63, 3.8) is 0 Å². The topological polar surface area (TPSA) is 90.4 Å². The number of rotatable bonds is 4. The molecule has 2 N–H and O–H groups in total. The number of halogens is 1. The number of allylic oxidation sites excluding steroid dienone is 1. The zero-order valence-corrected chi connectivity index (χ0v) is 19.7. The highest BCUT2D eigenvalue weighted by Crippen LogP contribution is 2.48. The Bertz CT molecular complexity index is 1450. The van der Waals surface area contributed by atoms with E-state index in [0.717, 1.165) is 40.0 Å². The van der Waals surface area contributed by atoms with Crippen LogP contribution in [0, 0.1) is 24.2 Å². The van der Waals surface area contributed by atoms with E-state index in [-0.39, 0.29) is 12.5 Å². The Kier molecular flexibility index (Phi) is 5.65. The lowest BCUT2D eigenvalue weighted by atomic mass is 9.80. The molecule has 1 atom stereocenters. The fraction of sp³-hybridized carbons (Fsp3) is 0.214. The minimum Gasteiger partial charge on any atom is -0.496 e. The van der Waals surface area contributed by atoms with Gasteiger partial charge in [0.1, 0.15) is 35.5 Å². The van der Waals surface area contributed by atoms with Gasteiger partial charge in [0.25, 0.3) is 0 Å². The summed E-state index contributed by atoms with van der Waals surface area (Å²) < 4.78 is 31.5. The zero-order valence-electron chi connectivity index (χ0n) is 19.7. The van der Waals surface area contributed by atoms with Crippen LogP contribution in [0.4, 0.5) is 4.39 Å². The molecule has 0 saturated carbocycles. The van der Waals surface area contributed by atoms with Crippen molar-refractivity contribution < 1.29 is 18.6 Å². The standard InChI is InChI=1S/C28H24FN3O3/c1-4-16-5-7-24-20(10-16)26-22(14-34-24)25(21(12-30)28(31)35-26)17-6-8-23(33-3)19(11-17)18-9-15(2)27(29)32-13-18/h5-11,13,25H,4,14,31H2,1-3H3. The van der Waals surface area contributed by atoms with Crippen LogP contribution in [0.2, 0.25) is 0 Å². The Labute approximate surface area is 203 Å². The summed E-state index contributed by atoms with van der Waals surface area (Å²) in [5, 5.41) is 10.0. The van der Waals surface area contributed by atoms with Crippen molar-refractivity contribution in [2.45, 2.75) is 26.2 Å². The van der Waals surface area contributed by atoms with Crippen molar-refractivity contribution in [2.24, 2.45) is 5.73 Å². The fourth-order valence-corrected chi connectivity index (χ4v) is 4.63. The Morgan fingerprint density at radius 3 is 2.74 bits per heavy atom. The number of nitrogens with two attached hydrogens (primary N) is 1. The van der Waals surface area contributed by atoms with Gasteiger partial charge in [-0.2, -0.15) is 9.65 Å². The first-order chi connectivity index (χ1) is 16.9. The van der Waals surface area contributed by atoms with E-state index in [0.29, 0.717) is 28.2 Å². The highest BCUT2D eigenvalue weighted by atomic mass is 19.1. The van der Waals surface area contributed by atoms with Crippen LogP contribution in [0.1, 0.15) is 35.1 Å². The number of aromatic nitrogens is 1. The van der Waals surface area contributed by atoms with Gasteiger partial charge < -0.3 is 19.9 Å². The van der Waals surface area contributed by atoms with Gasteiger partial charge in [-0.25, -0.2) is 4.98 Å². The minimum absolute atomic E-state index is 0.0719. The first-order valence-corrected chi connectivity index (χ1v) is 11.3. The van der Waals surface area contributed by atoms with Crippen LogP contribution < -0.4 is 15.2 Å². The fourth-order valence-electron chi connectivity index (χ4n) is 4.63. The van der Waals surface area contributed by atoms with E-state index in [2.05, 4.69) is 18.0 Å². The molecule has 7 heteroatoms. The average molecular weight is 470 g/mol. The molecule has 0 radical (unpaired) electrons. The number of hydrogen-bond acceptors (Lipinski definition) is 6. The largest absolute Gasteiger partial charge is 0.496 e. The Morgan fingerprint density at radius 1 is 1.20 bits per heavy atom. The number of nitriles is 1. The van der Waals surface area contributed by atoms with Crippen molar-refractivity contribution in [3.8, 4) is 28.7 Å². The van der Waals surface area contributed by atoms with Crippen LogP contribution in [0.3, 0.4) is 0 Å². The molecule has 0 spiro atoms. The molecule has 2 aliphatic rings. The maximum absolute atomic E-state index is 13.8. The quantitative estimate of drug-likeness (QED) is 0.516. The second-order valence-corrected chi connectivity index (χ2v) is 8.54. The normalized spacial score (nSPS) is 16.6. The van der Waals surface area contributed by atoms with Crippen LogP contribution in [-0.2, 0) is 11.2 Å². The average Bonchev–Trinajstić information content (AvgIpc) is 2.88. The van der Waals surface area contributed by atoms with Gasteiger partial charge in [0.15, 0.2) is 0 Å². The van der Waals surface area contributed by atoms with E-state index >= 15 is 0 Å². The summed E-state index contributed by atoms with van der Waals surface area (Å²) in [5.74, 6) is 1.03. The predicted octanol–water partition coefficient (Wildman–Crippen LogP) is 5.38. The molecular formula is C28H24FN3O3. The first kappa shape index (κ1) is 22.5. The SMILES string of the molecule is CCc1ccc2c(c1)C1=C(CO2)C(c2ccc(OC)c(-c3cnc(F)c(C)c3)c2)C(C#N)=C(N)O1. The minimum atomic E-state index is -0.518. The molecule has 0 amide bonds. The molecule has 3 aromatic rings. The number of hydrogen-bond donors (Lipinski definition) is 1. The van der Waals surface area contributed by atoms with E-state index in [9.17, 15) is 9.65 Å². The van der Waals surface area contributed by atoms with Crippen molar-refractivity contribution in [1.82, 2.24) is 4.98 Å². The Balaban J connectivity index is 1.70. The highest BCUT2D eigenvalue weighted by Gasteiger charge is 2.37. The monoisotopic (exact) mass is 469 g/mol. The number of ether oxygens (including phenoxy) is 3. The molecule has 1 unspecified atom stereocenters. The van der Waals surface area contributed by atoms with E-state index in [4.69, 9.17) is 19.9 Å². The van der Waals surface area contributed by atoms with Gasteiger partial charge in [-0.15, -0.1) is 0 Å². The number of benzene rings is 2. The van der Waals surface area contributed by atoms with Gasteiger partial charge in [-0.1, -0.05) is 19.1 Å². The van der Waals surface area contributed by atoms with Crippen molar-refractivity contribution >= 4 is 5.76 Å². The highest BCUT2D eigenvalue weighted by molar-refractivity contribution is 5.77. The molecule has 35 heavy (non-hydrogen) atoms. The third-order valence-electron chi connectivity index (χ3n) is 6.49. The second-order valence-electron chi connectivity index (χ2n) is 8.54. The lowest BCUT2D eigenvalue weighted by Crippen LogP contribution is -2.26. The third-order valence-corrected chi connectivity index (χ3v) is 6.49. The molecule has 2 aliphatic heterocycles. The number of methoxy groups -OCH3 is 1. The van der Waals surface area contributed by atoms with Crippen molar-refractivity contribution in [1.29, 1.82) is 5.26 Å². The molecule has 0 bridgehead atoms. The van der Waals surface area contributed by atoms with Gasteiger partial charge in [-0.05, 0) is 54.8 Å². The van der Waals surface area contributed by atoms with Crippen LogP contribution in [0.15, 0.2) is 65.7 Å². The van der Waals surface area contributed by atoms with Crippen molar-refractivity contribution in [3.05, 3.63) is 93.9 Å². The lowest BCUT2D eigenvalue weighted by molar-refractivity contribution is 0.294. The molecule has 5 rings (SSSR count). The molecule has 0 saturated heterocycles. The van der Waals surface area contributed by atoms with Crippen LogP contribution in [0.5, 0.6) is 11.5 Å². The third kappa shape index (κ3) is 3.77. The van der Waals surface area contributed by atoms with E-state index in [1.807, 2.05) is 36.4 Å². The van der Waals surface area contributed by atoms with Crippen LogP contribution in [0.25, 0.3) is 16.9 Å². The maximum atomic E-state index is 13.8. The summed E-state index contributed by atoms with van der Waals surface area (Å²) in [5.41, 5.74) is 12.1. The molecule has 0 aliphatic carbocycles. The summed E-state index contributed by atoms with van der Waals surface area (Å²) in [4.78, 5) is 3.87. The summed E-state index contributed by atoms with van der Waals surface area (Å²) in [6.45, 7) is 4.00. The number of aryl methyl sites for hydroxylation is 2. The van der Waals surface area contributed by atoms with E-state index in [1.165, 1.54) is 6.20 Å². The molecule has 1 aromatic heterocycles. The Morgan fingerprint density at radius 2 is 2.03 bits per heavy atom. The zero-order chi connectivity index (χ0) is 24.7.